The number of likely N-dealkylation sites (tertiary alicyclic amines) is 1. The number of halogens is 1. The Morgan fingerprint density at radius 2 is 2.40 bits per heavy atom. The summed E-state index contributed by atoms with van der Waals surface area (Å²) in [6.07, 6.45) is 2.51. The highest BCUT2D eigenvalue weighted by atomic mass is 19.1. The molecule has 1 amide bonds. The van der Waals surface area contributed by atoms with Gasteiger partial charge in [-0.1, -0.05) is 6.92 Å². The monoisotopic (exact) mass is 280 g/mol. The van der Waals surface area contributed by atoms with Crippen molar-refractivity contribution in [3.05, 3.63) is 23.6 Å². The Hall–Kier alpha value is -1.69. The average molecular weight is 280 g/mol. The minimum absolute atomic E-state index is 0.0368. The van der Waals surface area contributed by atoms with Crippen molar-refractivity contribution in [2.45, 2.75) is 13.3 Å². The van der Waals surface area contributed by atoms with Crippen LogP contribution in [0.3, 0.4) is 0 Å². The summed E-state index contributed by atoms with van der Waals surface area (Å²) in [6, 6.07) is 1.40. The molecule has 1 aliphatic rings. The van der Waals surface area contributed by atoms with Gasteiger partial charge in [0.25, 0.3) is 5.91 Å². The van der Waals surface area contributed by atoms with E-state index in [1.807, 2.05) is 0 Å². The van der Waals surface area contributed by atoms with E-state index in [-0.39, 0.29) is 17.3 Å². The van der Waals surface area contributed by atoms with Crippen molar-refractivity contribution in [1.82, 2.24) is 15.2 Å². The first kappa shape index (κ1) is 14.7. The smallest absolute Gasteiger partial charge is 0.254 e. The summed E-state index contributed by atoms with van der Waals surface area (Å²) in [5, 5.41) is 5.44. The van der Waals surface area contributed by atoms with E-state index in [1.54, 1.807) is 7.05 Å². The number of nitrogens with zero attached hydrogens (tertiary/aromatic N) is 2. The van der Waals surface area contributed by atoms with E-state index in [4.69, 9.17) is 0 Å². The lowest BCUT2D eigenvalue weighted by molar-refractivity contribution is 0.0943. The van der Waals surface area contributed by atoms with Crippen LogP contribution in [0.4, 0.5) is 10.2 Å². The molecule has 2 N–H and O–H groups in total. The fourth-order valence-electron chi connectivity index (χ4n) is 2.49. The van der Waals surface area contributed by atoms with Crippen LogP contribution in [0.15, 0.2) is 12.3 Å². The first-order valence-electron chi connectivity index (χ1n) is 6.98. The van der Waals surface area contributed by atoms with Crippen LogP contribution in [0.1, 0.15) is 23.7 Å². The maximum atomic E-state index is 13.9. The van der Waals surface area contributed by atoms with Crippen LogP contribution in [0.2, 0.25) is 0 Å². The summed E-state index contributed by atoms with van der Waals surface area (Å²) in [5.74, 6) is -0.436. The average Bonchev–Trinajstić information content (AvgIpc) is 2.93. The molecule has 1 fully saturated rings. The number of nitrogens with one attached hydrogen (secondary N) is 2. The van der Waals surface area contributed by atoms with Gasteiger partial charge in [-0.2, -0.15) is 0 Å². The molecule has 2 heterocycles. The molecule has 0 bridgehead atoms. The van der Waals surface area contributed by atoms with Crippen LogP contribution in [-0.2, 0) is 0 Å². The Kier molecular flexibility index (Phi) is 4.89. The van der Waals surface area contributed by atoms with Gasteiger partial charge in [0.2, 0.25) is 0 Å². The van der Waals surface area contributed by atoms with Gasteiger partial charge in [0.1, 0.15) is 0 Å². The minimum Gasteiger partial charge on any atom is -0.371 e. The van der Waals surface area contributed by atoms with E-state index in [1.165, 1.54) is 12.3 Å². The van der Waals surface area contributed by atoms with Crippen molar-refractivity contribution in [2.24, 2.45) is 5.92 Å². The summed E-state index contributed by atoms with van der Waals surface area (Å²) in [5.41, 5.74) is 0.0368. The number of hydrogen-bond acceptors (Lipinski definition) is 4. The molecule has 6 heteroatoms. The second-order valence-corrected chi connectivity index (χ2v) is 5.03. The van der Waals surface area contributed by atoms with Crippen molar-refractivity contribution in [1.29, 1.82) is 0 Å². The highest BCUT2D eigenvalue weighted by Gasteiger charge is 2.22. The normalized spacial score (nSPS) is 19.1. The van der Waals surface area contributed by atoms with Crippen LogP contribution < -0.4 is 10.6 Å². The van der Waals surface area contributed by atoms with Gasteiger partial charge in [0, 0.05) is 26.3 Å². The van der Waals surface area contributed by atoms with Crippen molar-refractivity contribution >= 4 is 11.7 Å². The third-order valence-electron chi connectivity index (χ3n) is 3.74. The molecule has 0 aromatic carbocycles. The number of anilines is 1. The van der Waals surface area contributed by atoms with Crippen molar-refractivity contribution in [2.75, 3.05) is 38.5 Å². The minimum atomic E-state index is -0.603. The van der Waals surface area contributed by atoms with E-state index in [2.05, 4.69) is 27.4 Å². The highest BCUT2D eigenvalue weighted by Crippen LogP contribution is 2.16. The Balaban J connectivity index is 1.92. The van der Waals surface area contributed by atoms with Gasteiger partial charge in [-0.15, -0.1) is 0 Å². The number of rotatable bonds is 5. The standard InChI is InChI=1S/C14H21FN4O/c1-3-19-7-5-10(9-19)8-18-14(20)11-4-6-17-13(16-2)12(11)15/h4,6,10H,3,5,7-9H2,1-2H3,(H,16,17)(H,18,20). The van der Waals surface area contributed by atoms with Crippen LogP contribution in [0.25, 0.3) is 0 Å². The van der Waals surface area contributed by atoms with Crippen LogP contribution in [0.5, 0.6) is 0 Å². The number of hydrogen-bond donors (Lipinski definition) is 2. The number of pyridine rings is 1. The van der Waals surface area contributed by atoms with Crippen molar-refractivity contribution < 1.29 is 9.18 Å². The maximum absolute atomic E-state index is 13.9. The number of carbonyl (C=O) groups is 1. The fraction of sp³-hybridized carbons (Fsp3) is 0.571. The Morgan fingerprint density at radius 1 is 1.60 bits per heavy atom. The lowest BCUT2D eigenvalue weighted by Crippen LogP contribution is -2.31. The molecular formula is C14H21FN4O. The number of aromatic nitrogens is 1. The van der Waals surface area contributed by atoms with Crippen LogP contribution >= 0.6 is 0 Å². The molecule has 110 valence electrons. The van der Waals surface area contributed by atoms with Gasteiger partial charge in [-0.3, -0.25) is 4.79 Å². The molecule has 1 aliphatic heterocycles. The first-order valence-corrected chi connectivity index (χ1v) is 6.98. The predicted molar refractivity (Wildman–Crippen MR) is 76.3 cm³/mol. The molecule has 0 spiro atoms. The number of amides is 1. The summed E-state index contributed by atoms with van der Waals surface area (Å²) in [4.78, 5) is 18.2. The molecule has 5 nitrogen and oxygen atoms in total. The van der Waals surface area contributed by atoms with Gasteiger partial charge in [0.15, 0.2) is 11.6 Å². The SMILES string of the molecule is CCN1CCC(CNC(=O)c2ccnc(NC)c2F)C1. The van der Waals surface area contributed by atoms with Crippen LogP contribution in [0, 0.1) is 11.7 Å². The largest absolute Gasteiger partial charge is 0.371 e. The summed E-state index contributed by atoms with van der Waals surface area (Å²) >= 11 is 0. The molecule has 1 unspecified atom stereocenters. The van der Waals surface area contributed by atoms with Gasteiger partial charge in [0.05, 0.1) is 5.56 Å². The molecule has 0 aliphatic carbocycles. The Morgan fingerprint density at radius 3 is 3.05 bits per heavy atom. The molecular weight excluding hydrogens is 259 g/mol. The summed E-state index contributed by atoms with van der Waals surface area (Å²) < 4.78 is 13.9. The molecule has 20 heavy (non-hydrogen) atoms. The molecule has 2 rings (SSSR count). The van der Waals surface area contributed by atoms with Gasteiger partial charge < -0.3 is 15.5 Å². The molecule has 0 radical (unpaired) electrons. The molecule has 0 saturated carbocycles. The van der Waals surface area contributed by atoms with Crippen molar-refractivity contribution in [3.63, 3.8) is 0 Å². The van der Waals surface area contributed by atoms with Gasteiger partial charge in [-0.05, 0) is 31.5 Å². The van der Waals surface area contributed by atoms with E-state index < -0.39 is 5.82 Å². The number of carbonyl (C=O) groups excluding carboxylic acids is 1. The van der Waals surface area contributed by atoms with Crippen molar-refractivity contribution in [3.8, 4) is 0 Å². The lowest BCUT2D eigenvalue weighted by Gasteiger charge is -2.14. The zero-order valence-electron chi connectivity index (χ0n) is 11.9. The zero-order valence-corrected chi connectivity index (χ0v) is 11.9. The summed E-state index contributed by atoms with van der Waals surface area (Å²) in [6.45, 7) is 5.83. The topological polar surface area (TPSA) is 57.3 Å². The van der Waals surface area contributed by atoms with E-state index in [0.29, 0.717) is 12.5 Å². The second kappa shape index (κ2) is 6.65. The zero-order chi connectivity index (χ0) is 14.5. The molecule has 1 aromatic rings. The highest BCUT2D eigenvalue weighted by molar-refractivity contribution is 5.95. The fourth-order valence-corrected chi connectivity index (χ4v) is 2.49. The van der Waals surface area contributed by atoms with Gasteiger partial charge >= 0.3 is 0 Å². The maximum Gasteiger partial charge on any atom is 0.254 e. The Labute approximate surface area is 118 Å². The van der Waals surface area contributed by atoms with E-state index >= 15 is 0 Å². The lowest BCUT2D eigenvalue weighted by atomic mass is 10.1. The quantitative estimate of drug-likeness (QED) is 0.854. The van der Waals surface area contributed by atoms with Gasteiger partial charge in [-0.25, -0.2) is 9.37 Å². The van der Waals surface area contributed by atoms with E-state index in [9.17, 15) is 9.18 Å². The predicted octanol–water partition coefficient (Wildman–Crippen LogP) is 1.33. The van der Waals surface area contributed by atoms with E-state index in [0.717, 1.165) is 26.1 Å². The first-order chi connectivity index (χ1) is 9.65. The molecule has 1 atom stereocenters. The molecule has 1 aromatic heterocycles. The molecule has 1 saturated heterocycles. The Bertz CT molecular complexity index is 480. The second-order valence-electron chi connectivity index (χ2n) is 5.03. The van der Waals surface area contributed by atoms with Crippen LogP contribution in [-0.4, -0.2) is 49.0 Å². The summed E-state index contributed by atoms with van der Waals surface area (Å²) in [7, 11) is 1.57. The third kappa shape index (κ3) is 3.25. The third-order valence-corrected chi connectivity index (χ3v) is 3.74.